The average molecular weight is 566 g/mol. The Labute approximate surface area is 239 Å². The lowest BCUT2D eigenvalue weighted by Gasteiger charge is -2.26. The molecule has 0 fully saturated rings. The monoisotopic (exact) mass is 565 g/mol. The summed E-state index contributed by atoms with van der Waals surface area (Å²) in [6.07, 6.45) is 5.97. The van der Waals surface area contributed by atoms with Crippen LogP contribution < -0.4 is 14.9 Å². The first kappa shape index (κ1) is 26.1. The highest BCUT2D eigenvalue weighted by Crippen LogP contribution is 2.35. The van der Waals surface area contributed by atoms with Crippen LogP contribution in [0.3, 0.4) is 0 Å². The maximum Gasteiger partial charge on any atom is 0.338 e. The molecule has 1 aliphatic heterocycles. The van der Waals surface area contributed by atoms with Gasteiger partial charge in [0.15, 0.2) is 4.80 Å². The first-order valence-corrected chi connectivity index (χ1v) is 15.0. The number of hydrogen-bond acceptors (Lipinski definition) is 6. The van der Waals surface area contributed by atoms with Crippen molar-refractivity contribution in [2.75, 3.05) is 12.9 Å². The quantitative estimate of drug-likeness (QED) is 0.211. The molecule has 1 aliphatic rings. The number of ether oxygens (including phenoxy) is 1. The van der Waals surface area contributed by atoms with E-state index in [0.717, 1.165) is 32.5 Å². The van der Waals surface area contributed by atoms with Gasteiger partial charge >= 0.3 is 5.97 Å². The molecule has 3 aromatic carbocycles. The van der Waals surface area contributed by atoms with Crippen molar-refractivity contribution in [1.82, 2.24) is 9.13 Å². The second-order valence-corrected chi connectivity index (χ2v) is 11.3. The number of carbonyl (C=O) groups excluding carboxylic acids is 1. The Bertz CT molecular complexity index is 1950. The van der Waals surface area contributed by atoms with Crippen LogP contribution >= 0.6 is 23.1 Å². The molecule has 0 aliphatic carbocycles. The standard InChI is InChI=1S/C32H27N3O3S2/c1-4-38-31(37)27-28(20-10-6-5-7-11-20)33-32-35(29(27)21-14-16-23(39-3)17-15-21)30(36)26(40-32)18-22-19-34(2)25-13-9-8-12-24(22)25/h5-19,29H,4H2,1-3H3/b26-18-/t29-/m0/s1. The summed E-state index contributed by atoms with van der Waals surface area (Å²) in [6.45, 7) is 2.00. The summed E-state index contributed by atoms with van der Waals surface area (Å²) in [5.41, 5.74) is 4.35. The predicted octanol–water partition coefficient (Wildman–Crippen LogP) is 5.15. The molecule has 40 heavy (non-hydrogen) atoms. The number of benzene rings is 3. The zero-order valence-electron chi connectivity index (χ0n) is 22.3. The molecule has 6 nitrogen and oxygen atoms in total. The van der Waals surface area contributed by atoms with Crippen LogP contribution in [0, 0.1) is 0 Å². The van der Waals surface area contributed by atoms with Gasteiger partial charge in [0.05, 0.1) is 28.5 Å². The normalized spacial score (nSPS) is 15.3. The van der Waals surface area contributed by atoms with Crippen molar-refractivity contribution in [3.63, 3.8) is 0 Å². The zero-order chi connectivity index (χ0) is 27.8. The lowest BCUT2D eigenvalue weighted by atomic mass is 9.93. The van der Waals surface area contributed by atoms with Gasteiger partial charge in [0.1, 0.15) is 0 Å². The predicted molar refractivity (Wildman–Crippen MR) is 162 cm³/mol. The number of fused-ring (bicyclic) bond motifs is 2. The third kappa shape index (κ3) is 4.53. The Hall–Kier alpha value is -4.14. The van der Waals surface area contributed by atoms with Crippen molar-refractivity contribution < 1.29 is 9.53 Å². The van der Waals surface area contributed by atoms with Gasteiger partial charge in [-0.25, -0.2) is 9.79 Å². The van der Waals surface area contributed by atoms with Gasteiger partial charge < -0.3 is 9.30 Å². The van der Waals surface area contributed by atoms with Crippen LogP contribution in [-0.4, -0.2) is 28.0 Å². The van der Waals surface area contributed by atoms with Crippen LogP contribution in [0.15, 0.2) is 105 Å². The first-order chi connectivity index (χ1) is 19.5. The Morgan fingerprint density at radius 1 is 1.05 bits per heavy atom. The van der Waals surface area contributed by atoms with Crippen LogP contribution in [0.25, 0.3) is 22.7 Å². The Balaban J connectivity index is 1.65. The Morgan fingerprint density at radius 2 is 1.77 bits per heavy atom. The van der Waals surface area contributed by atoms with Crippen molar-refractivity contribution >= 4 is 51.7 Å². The molecule has 2 aromatic heterocycles. The second-order valence-electron chi connectivity index (χ2n) is 9.42. The molecule has 5 aromatic rings. The summed E-state index contributed by atoms with van der Waals surface area (Å²) in [5.74, 6) is -0.479. The number of thiazole rings is 1. The van der Waals surface area contributed by atoms with Gasteiger partial charge in [-0.15, -0.1) is 11.8 Å². The second kappa shape index (κ2) is 10.8. The van der Waals surface area contributed by atoms with Gasteiger partial charge in [-0.2, -0.15) is 0 Å². The summed E-state index contributed by atoms with van der Waals surface area (Å²) in [6, 6.07) is 25.0. The molecule has 200 valence electrons. The molecule has 0 bridgehead atoms. The molecule has 6 rings (SSSR count). The van der Waals surface area contributed by atoms with Crippen LogP contribution in [-0.2, 0) is 16.6 Å². The third-order valence-electron chi connectivity index (χ3n) is 7.02. The topological polar surface area (TPSA) is 65.6 Å². The van der Waals surface area contributed by atoms with Crippen molar-refractivity contribution in [3.05, 3.63) is 127 Å². The van der Waals surface area contributed by atoms with Gasteiger partial charge in [-0.05, 0) is 43.0 Å². The third-order valence-corrected chi connectivity index (χ3v) is 8.75. The number of carbonyl (C=O) groups is 1. The molecule has 8 heteroatoms. The highest BCUT2D eigenvalue weighted by atomic mass is 32.2. The number of hydrogen-bond donors (Lipinski definition) is 0. The van der Waals surface area contributed by atoms with E-state index in [0.29, 0.717) is 20.6 Å². The van der Waals surface area contributed by atoms with Gasteiger partial charge in [0, 0.05) is 40.2 Å². The maximum absolute atomic E-state index is 14.1. The molecule has 0 unspecified atom stereocenters. The SMILES string of the molecule is CCOC(=O)C1=C(c2ccccc2)N=c2s/c(=C\c3cn(C)c4ccccc34)c(=O)n2[C@H]1c1ccc(SC)cc1. The minimum Gasteiger partial charge on any atom is -0.463 e. The molecule has 0 spiro atoms. The number of esters is 1. The van der Waals surface area contributed by atoms with E-state index < -0.39 is 12.0 Å². The number of thioether (sulfide) groups is 1. The van der Waals surface area contributed by atoms with Crippen LogP contribution in [0.1, 0.15) is 29.7 Å². The van der Waals surface area contributed by atoms with Crippen LogP contribution in [0.4, 0.5) is 0 Å². The summed E-state index contributed by atoms with van der Waals surface area (Å²) >= 11 is 2.97. The smallest absolute Gasteiger partial charge is 0.338 e. The van der Waals surface area contributed by atoms with Gasteiger partial charge in [0.2, 0.25) is 0 Å². The van der Waals surface area contributed by atoms with Crippen molar-refractivity contribution in [1.29, 1.82) is 0 Å². The zero-order valence-corrected chi connectivity index (χ0v) is 24.0. The van der Waals surface area contributed by atoms with E-state index >= 15 is 0 Å². The Morgan fingerprint density at radius 3 is 2.50 bits per heavy atom. The van der Waals surface area contributed by atoms with Gasteiger partial charge in [0.25, 0.3) is 5.56 Å². The van der Waals surface area contributed by atoms with E-state index in [9.17, 15) is 9.59 Å². The van der Waals surface area contributed by atoms with E-state index in [-0.39, 0.29) is 12.2 Å². The minimum atomic E-state index is -0.684. The molecule has 0 saturated carbocycles. The number of nitrogens with zero attached hydrogens (tertiary/aromatic N) is 3. The molecule has 0 amide bonds. The van der Waals surface area contributed by atoms with E-state index in [1.54, 1.807) is 23.3 Å². The van der Waals surface area contributed by atoms with Crippen molar-refractivity contribution in [2.24, 2.45) is 12.0 Å². The fraction of sp³-hybridized carbons (Fsp3) is 0.156. The number of aryl methyl sites for hydroxylation is 1. The number of para-hydroxylation sites is 1. The highest BCUT2D eigenvalue weighted by Gasteiger charge is 2.35. The molecular weight excluding hydrogens is 539 g/mol. The molecule has 3 heterocycles. The van der Waals surface area contributed by atoms with Crippen molar-refractivity contribution in [2.45, 2.75) is 17.9 Å². The highest BCUT2D eigenvalue weighted by molar-refractivity contribution is 7.98. The lowest BCUT2D eigenvalue weighted by Crippen LogP contribution is -2.40. The van der Waals surface area contributed by atoms with Crippen LogP contribution in [0.5, 0.6) is 0 Å². The Kier molecular flexibility index (Phi) is 7.04. The number of aromatic nitrogens is 2. The molecule has 1 atom stereocenters. The minimum absolute atomic E-state index is 0.190. The molecular formula is C32H27N3O3S2. The fourth-order valence-corrected chi connectivity index (χ4v) is 6.57. The van der Waals surface area contributed by atoms with E-state index in [1.807, 2.05) is 92.3 Å². The van der Waals surface area contributed by atoms with Crippen molar-refractivity contribution in [3.8, 4) is 0 Å². The maximum atomic E-state index is 14.1. The molecule has 0 N–H and O–H groups in total. The average Bonchev–Trinajstić information content (AvgIpc) is 3.48. The number of rotatable bonds is 6. The van der Waals surface area contributed by atoms with E-state index in [1.165, 1.54) is 11.3 Å². The van der Waals surface area contributed by atoms with E-state index in [4.69, 9.17) is 9.73 Å². The molecule has 0 saturated heterocycles. The molecule has 0 radical (unpaired) electrons. The summed E-state index contributed by atoms with van der Waals surface area (Å²) in [7, 11) is 2.00. The largest absolute Gasteiger partial charge is 0.463 e. The summed E-state index contributed by atoms with van der Waals surface area (Å²) in [5, 5.41) is 1.07. The van der Waals surface area contributed by atoms with E-state index in [2.05, 4.69) is 16.7 Å². The van der Waals surface area contributed by atoms with Gasteiger partial charge in [-0.3, -0.25) is 9.36 Å². The van der Waals surface area contributed by atoms with Gasteiger partial charge in [-0.1, -0.05) is 72.0 Å². The first-order valence-electron chi connectivity index (χ1n) is 13.0. The van der Waals surface area contributed by atoms with Crippen LogP contribution in [0.2, 0.25) is 0 Å². The fourth-order valence-electron chi connectivity index (χ4n) is 5.17. The lowest BCUT2D eigenvalue weighted by molar-refractivity contribution is -0.138. The summed E-state index contributed by atoms with van der Waals surface area (Å²) < 4.78 is 9.81. The summed E-state index contributed by atoms with van der Waals surface area (Å²) in [4.78, 5) is 34.3.